The van der Waals surface area contributed by atoms with Gasteiger partial charge in [-0.15, -0.1) is 0 Å². The van der Waals surface area contributed by atoms with E-state index in [9.17, 15) is 4.79 Å². The molecule has 0 radical (unpaired) electrons. The van der Waals surface area contributed by atoms with Gasteiger partial charge in [-0.05, 0) is 36.2 Å². The monoisotopic (exact) mass is 333 g/mol. The lowest BCUT2D eigenvalue weighted by molar-refractivity contribution is -0.116. The van der Waals surface area contributed by atoms with Crippen LogP contribution in [0, 0.1) is 0 Å². The van der Waals surface area contributed by atoms with Gasteiger partial charge in [-0.3, -0.25) is 9.48 Å². The maximum absolute atomic E-state index is 12.4. The van der Waals surface area contributed by atoms with E-state index in [1.165, 1.54) is 5.56 Å². The summed E-state index contributed by atoms with van der Waals surface area (Å²) in [5.74, 6) is 0.728. The molecule has 0 unspecified atom stereocenters. The molecule has 5 nitrogen and oxygen atoms in total. The van der Waals surface area contributed by atoms with Crippen LogP contribution in [0.25, 0.3) is 11.3 Å². The van der Waals surface area contributed by atoms with Gasteiger partial charge in [0, 0.05) is 16.8 Å². The van der Waals surface area contributed by atoms with Crippen LogP contribution in [0.3, 0.4) is 0 Å². The van der Waals surface area contributed by atoms with Gasteiger partial charge >= 0.3 is 0 Å². The smallest absolute Gasteiger partial charge is 0.246 e. The van der Waals surface area contributed by atoms with Crippen molar-refractivity contribution in [3.05, 3.63) is 65.9 Å². The molecule has 5 heteroatoms. The van der Waals surface area contributed by atoms with E-state index in [0.717, 1.165) is 34.7 Å². The number of para-hydroxylation sites is 1. The Hall–Kier alpha value is -3.08. The highest BCUT2D eigenvalue weighted by Crippen LogP contribution is 2.36. The summed E-state index contributed by atoms with van der Waals surface area (Å²) < 4.78 is 7.47. The predicted octanol–water partition coefficient (Wildman–Crippen LogP) is 3.64. The van der Waals surface area contributed by atoms with Gasteiger partial charge in [0.1, 0.15) is 18.9 Å². The number of ether oxygens (including phenoxy) is 1. The molecule has 0 bridgehead atoms. The quantitative estimate of drug-likeness (QED) is 0.793. The third-order valence-corrected chi connectivity index (χ3v) is 4.38. The van der Waals surface area contributed by atoms with E-state index in [2.05, 4.69) is 17.3 Å². The van der Waals surface area contributed by atoms with Crippen molar-refractivity contribution in [1.29, 1.82) is 0 Å². The number of nitrogens with zero attached hydrogens (tertiary/aromatic N) is 2. The number of amides is 1. The van der Waals surface area contributed by atoms with Crippen molar-refractivity contribution in [2.24, 2.45) is 0 Å². The van der Waals surface area contributed by atoms with Gasteiger partial charge in [0.2, 0.25) is 5.91 Å². The molecule has 3 aromatic rings. The van der Waals surface area contributed by atoms with Crippen LogP contribution in [0.2, 0.25) is 0 Å². The first-order chi connectivity index (χ1) is 12.2. The molecule has 1 aromatic heterocycles. The van der Waals surface area contributed by atoms with Gasteiger partial charge < -0.3 is 10.1 Å². The number of fused-ring (bicyclic) bond motifs is 3. The second-order valence-electron chi connectivity index (χ2n) is 6.06. The molecular formula is C20H19N3O2. The minimum Gasteiger partial charge on any atom is -0.488 e. The third-order valence-electron chi connectivity index (χ3n) is 4.38. The van der Waals surface area contributed by atoms with E-state index >= 15 is 0 Å². The minimum atomic E-state index is -0.0980. The first-order valence-corrected chi connectivity index (χ1v) is 8.40. The zero-order valence-corrected chi connectivity index (χ0v) is 14.0. The van der Waals surface area contributed by atoms with Gasteiger partial charge in [0.05, 0.1) is 11.9 Å². The van der Waals surface area contributed by atoms with Crippen molar-refractivity contribution in [1.82, 2.24) is 9.78 Å². The topological polar surface area (TPSA) is 56.2 Å². The molecule has 4 rings (SSSR count). The number of rotatable bonds is 4. The summed E-state index contributed by atoms with van der Waals surface area (Å²) in [6, 6.07) is 15.7. The summed E-state index contributed by atoms with van der Waals surface area (Å²) in [5, 5.41) is 7.31. The molecule has 0 saturated heterocycles. The van der Waals surface area contributed by atoms with Gasteiger partial charge in [-0.25, -0.2) is 0 Å². The predicted molar refractivity (Wildman–Crippen MR) is 96.4 cm³/mol. The second kappa shape index (κ2) is 6.43. The number of nitrogens with one attached hydrogen (secondary N) is 1. The second-order valence-corrected chi connectivity index (χ2v) is 6.06. The van der Waals surface area contributed by atoms with E-state index in [-0.39, 0.29) is 12.5 Å². The molecular weight excluding hydrogens is 314 g/mol. The molecule has 0 atom stereocenters. The number of hydrogen-bond donors (Lipinski definition) is 1. The Morgan fingerprint density at radius 3 is 2.80 bits per heavy atom. The Labute approximate surface area is 146 Å². The fourth-order valence-corrected chi connectivity index (χ4v) is 3.07. The van der Waals surface area contributed by atoms with E-state index in [4.69, 9.17) is 4.74 Å². The number of benzene rings is 2. The number of aryl methyl sites for hydroxylation is 1. The molecule has 2 aromatic carbocycles. The fraction of sp³-hybridized carbons (Fsp3) is 0.200. The fourth-order valence-electron chi connectivity index (χ4n) is 3.07. The standard InChI is InChI=1S/C20H19N3O2/c1-2-14-7-9-16(10-8-14)22-19(24)12-23-20-15(11-21-23)13-25-18-6-4-3-5-17(18)20/h3-11H,2,12-13H2,1H3,(H,22,24). The van der Waals surface area contributed by atoms with E-state index < -0.39 is 0 Å². The van der Waals surface area contributed by atoms with Crippen molar-refractivity contribution < 1.29 is 9.53 Å². The maximum Gasteiger partial charge on any atom is 0.246 e. The van der Waals surface area contributed by atoms with Gasteiger partial charge in [-0.2, -0.15) is 5.10 Å². The Balaban J connectivity index is 1.54. The molecule has 1 N–H and O–H groups in total. The molecule has 0 saturated carbocycles. The molecule has 0 spiro atoms. The molecule has 25 heavy (non-hydrogen) atoms. The lowest BCUT2D eigenvalue weighted by atomic mass is 10.0. The van der Waals surface area contributed by atoms with Crippen LogP contribution in [-0.2, 0) is 24.4 Å². The normalized spacial score (nSPS) is 12.0. The summed E-state index contributed by atoms with van der Waals surface area (Å²) in [5.41, 5.74) is 4.97. The lowest BCUT2D eigenvalue weighted by Gasteiger charge is -2.19. The van der Waals surface area contributed by atoms with Crippen LogP contribution in [0.15, 0.2) is 54.7 Å². The average molecular weight is 333 g/mol. The number of carbonyl (C=O) groups excluding carboxylic acids is 1. The largest absolute Gasteiger partial charge is 0.488 e. The van der Waals surface area contributed by atoms with Crippen LogP contribution in [0.1, 0.15) is 18.1 Å². The van der Waals surface area contributed by atoms with Crippen LogP contribution in [-0.4, -0.2) is 15.7 Å². The van der Waals surface area contributed by atoms with Crippen molar-refractivity contribution in [2.75, 3.05) is 5.32 Å². The van der Waals surface area contributed by atoms with Crippen molar-refractivity contribution >= 4 is 11.6 Å². The van der Waals surface area contributed by atoms with Crippen molar-refractivity contribution in [3.63, 3.8) is 0 Å². The van der Waals surface area contributed by atoms with Gasteiger partial charge in [0.15, 0.2) is 0 Å². The Morgan fingerprint density at radius 2 is 2.00 bits per heavy atom. The van der Waals surface area contributed by atoms with Crippen LogP contribution >= 0.6 is 0 Å². The summed E-state index contributed by atoms with van der Waals surface area (Å²) in [6.45, 7) is 2.75. The van der Waals surface area contributed by atoms with Crippen LogP contribution < -0.4 is 10.1 Å². The first-order valence-electron chi connectivity index (χ1n) is 8.40. The SMILES string of the molecule is CCc1ccc(NC(=O)Cn2ncc3c2-c2ccccc2OC3)cc1. The number of anilines is 1. The molecule has 1 aliphatic rings. The number of carbonyl (C=O) groups is 1. The average Bonchev–Trinajstić information content (AvgIpc) is 3.05. The van der Waals surface area contributed by atoms with Crippen LogP contribution in [0.5, 0.6) is 5.75 Å². The lowest BCUT2D eigenvalue weighted by Crippen LogP contribution is -2.20. The minimum absolute atomic E-state index is 0.0980. The van der Waals surface area contributed by atoms with E-state index in [1.54, 1.807) is 10.9 Å². The Morgan fingerprint density at radius 1 is 1.20 bits per heavy atom. The number of hydrogen-bond acceptors (Lipinski definition) is 3. The zero-order valence-electron chi connectivity index (χ0n) is 14.0. The summed E-state index contributed by atoms with van der Waals surface area (Å²) in [7, 11) is 0. The molecule has 126 valence electrons. The molecule has 1 aliphatic heterocycles. The third kappa shape index (κ3) is 3.01. The van der Waals surface area contributed by atoms with Gasteiger partial charge in [-0.1, -0.05) is 31.2 Å². The van der Waals surface area contributed by atoms with E-state index in [1.807, 2.05) is 48.5 Å². The summed E-state index contributed by atoms with van der Waals surface area (Å²) in [4.78, 5) is 12.4. The Kier molecular flexibility index (Phi) is 3.98. The highest BCUT2D eigenvalue weighted by Gasteiger charge is 2.22. The van der Waals surface area contributed by atoms with Crippen LogP contribution in [0.4, 0.5) is 5.69 Å². The summed E-state index contributed by atoms with van der Waals surface area (Å²) >= 11 is 0. The molecule has 0 aliphatic carbocycles. The summed E-state index contributed by atoms with van der Waals surface area (Å²) in [6.07, 6.45) is 2.75. The first kappa shape index (κ1) is 15.4. The molecule has 2 heterocycles. The zero-order chi connectivity index (χ0) is 17.2. The highest BCUT2D eigenvalue weighted by atomic mass is 16.5. The van der Waals surface area contributed by atoms with Crippen molar-refractivity contribution in [2.45, 2.75) is 26.5 Å². The van der Waals surface area contributed by atoms with Gasteiger partial charge in [0.25, 0.3) is 0 Å². The molecule has 1 amide bonds. The Bertz CT molecular complexity index is 913. The highest BCUT2D eigenvalue weighted by molar-refractivity contribution is 5.91. The van der Waals surface area contributed by atoms with E-state index in [0.29, 0.717) is 6.61 Å². The number of aromatic nitrogens is 2. The molecule has 0 fully saturated rings. The van der Waals surface area contributed by atoms with Crippen molar-refractivity contribution in [3.8, 4) is 17.0 Å². The maximum atomic E-state index is 12.4.